The SMILES string of the molecule is Cc1cc(C)c2cc3c(nc2c1)CCCC3. The molecular formula is C15H17N. The second-order valence-electron chi connectivity index (χ2n) is 4.95. The number of rotatable bonds is 0. The molecule has 3 rings (SSSR count). The smallest absolute Gasteiger partial charge is 0.0710 e. The van der Waals surface area contributed by atoms with Gasteiger partial charge in [-0.15, -0.1) is 0 Å². The lowest BCUT2D eigenvalue weighted by atomic mass is 9.93. The summed E-state index contributed by atoms with van der Waals surface area (Å²) in [5.41, 5.74) is 6.66. The van der Waals surface area contributed by atoms with Crippen molar-refractivity contribution in [3.8, 4) is 0 Å². The molecule has 2 aromatic rings. The first-order valence-electron chi connectivity index (χ1n) is 6.14. The lowest BCUT2D eigenvalue weighted by Gasteiger charge is -2.16. The minimum absolute atomic E-state index is 1.16. The highest BCUT2D eigenvalue weighted by molar-refractivity contribution is 5.83. The van der Waals surface area contributed by atoms with Gasteiger partial charge in [-0.25, -0.2) is 0 Å². The van der Waals surface area contributed by atoms with Gasteiger partial charge < -0.3 is 0 Å². The fourth-order valence-corrected chi connectivity index (χ4v) is 2.75. The molecule has 0 atom stereocenters. The van der Waals surface area contributed by atoms with E-state index in [4.69, 9.17) is 4.98 Å². The summed E-state index contributed by atoms with van der Waals surface area (Å²) in [7, 11) is 0. The third-order valence-electron chi connectivity index (χ3n) is 3.56. The van der Waals surface area contributed by atoms with Crippen LogP contribution in [-0.4, -0.2) is 4.98 Å². The average Bonchev–Trinajstić information content (AvgIpc) is 2.27. The van der Waals surface area contributed by atoms with Gasteiger partial charge in [0, 0.05) is 11.1 Å². The summed E-state index contributed by atoms with van der Waals surface area (Å²) in [5.74, 6) is 0. The summed E-state index contributed by atoms with van der Waals surface area (Å²) in [6, 6.07) is 6.82. The molecule has 0 N–H and O–H groups in total. The van der Waals surface area contributed by atoms with Crippen LogP contribution < -0.4 is 0 Å². The molecular weight excluding hydrogens is 194 g/mol. The van der Waals surface area contributed by atoms with E-state index in [9.17, 15) is 0 Å². The molecule has 0 unspecified atom stereocenters. The van der Waals surface area contributed by atoms with Gasteiger partial charge in [0.2, 0.25) is 0 Å². The van der Waals surface area contributed by atoms with Crippen LogP contribution in [0.4, 0.5) is 0 Å². The Balaban J connectivity index is 2.31. The number of aryl methyl sites for hydroxylation is 4. The van der Waals surface area contributed by atoms with Gasteiger partial charge in [0.25, 0.3) is 0 Å². The van der Waals surface area contributed by atoms with Crippen molar-refractivity contribution < 1.29 is 0 Å². The molecule has 16 heavy (non-hydrogen) atoms. The Kier molecular flexibility index (Phi) is 2.20. The van der Waals surface area contributed by atoms with E-state index in [0.717, 1.165) is 6.42 Å². The summed E-state index contributed by atoms with van der Waals surface area (Å²) in [5, 5.41) is 1.34. The first-order chi connectivity index (χ1) is 7.74. The predicted molar refractivity (Wildman–Crippen MR) is 67.9 cm³/mol. The Labute approximate surface area is 96.5 Å². The van der Waals surface area contributed by atoms with Crippen molar-refractivity contribution in [2.75, 3.05) is 0 Å². The quantitative estimate of drug-likeness (QED) is 0.647. The zero-order chi connectivity index (χ0) is 11.1. The molecule has 1 nitrogen and oxygen atoms in total. The number of pyridine rings is 1. The molecule has 0 saturated heterocycles. The van der Waals surface area contributed by atoms with E-state index in [-0.39, 0.29) is 0 Å². The average molecular weight is 211 g/mol. The predicted octanol–water partition coefficient (Wildman–Crippen LogP) is 3.73. The number of fused-ring (bicyclic) bond motifs is 2. The highest BCUT2D eigenvalue weighted by Crippen LogP contribution is 2.26. The highest BCUT2D eigenvalue weighted by Gasteiger charge is 2.12. The van der Waals surface area contributed by atoms with Gasteiger partial charge in [-0.3, -0.25) is 4.98 Å². The van der Waals surface area contributed by atoms with Crippen molar-refractivity contribution in [2.45, 2.75) is 39.5 Å². The van der Waals surface area contributed by atoms with Crippen LogP contribution in [0.1, 0.15) is 35.2 Å². The molecule has 1 aliphatic carbocycles. The van der Waals surface area contributed by atoms with Gasteiger partial charge >= 0.3 is 0 Å². The van der Waals surface area contributed by atoms with E-state index in [2.05, 4.69) is 32.0 Å². The molecule has 0 amide bonds. The molecule has 1 aromatic carbocycles. The topological polar surface area (TPSA) is 12.9 Å². The van der Waals surface area contributed by atoms with E-state index < -0.39 is 0 Å². The van der Waals surface area contributed by atoms with Gasteiger partial charge in [0.05, 0.1) is 5.52 Å². The van der Waals surface area contributed by atoms with E-state index >= 15 is 0 Å². The van der Waals surface area contributed by atoms with Crippen LogP contribution in [0, 0.1) is 13.8 Å². The third-order valence-corrected chi connectivity index (χ3v) is 3.56. The largest absolute Gasteiger partial charge is 0.253 e. The van der Waals surface area contributed by atoms with E-state index in [1.54, 1.807) is 0 Å². The van der Waals surface area contributed by atoms with Gasteiger partial charge in [0.15, 0.2) is 0 Å². The van der Waals surface area contributed by atoms with Crippen LogP contribution >= 0.6 is 0 Å². The molecule has 0 aliphatic heterocycles. The van der Waals surface area contributed by atoms with E-state index in [0.29, 0.717) is 0 Å². The zero-order valence-corrected chi connectivity index (χ0v) is 10.0. The molecule has 0 spiro atoms. The fraction of sp³-hybridized carbons (Fsp3) is 0.400. The lowest BCUT2D eigenvalue weighted by Crippen LogP contribution is -2.05. The number of benzene rings is 1. The van der Waals surface area contributed by atoms with Crippen LogP contribution in [0.25, 0.3) is 10.9 Å². The second kappa shape index (κ2) is 3.58. The van der Waals surface area contributed by atoms with Crippen LogP contribution in [0.5, 0.6) is 0 Å². The molecule has 1 heteroatoms. The first-order valence-corrected chi connectivity index (χ1v) is 6.14. The normalized spacial score (nSPS) is 15.1. The molecule has 1 aromatic heterocycles. The van der Waals surface area contributed by atoms with Crippen molar-refractivity contribution in [2.24, 2.45) is 0 Å². The fourth-order valence-electron chi connectivity index (χ4n) is 2.75. The van der Waals surface area contributed by atoms with Crippen LogP contribution in [0.15, 0.2) is 18.2 Å². The Morgan fingerprint density at radius 3 is 2.69 bits per heavy atom. The Morgan fingerprint density at radius 2 is 1.81 bits per heavy atom. The van der Waals surface area contributed by atoms with E-state index in [1.165, 1.54) is 52.5 Å². The maximum Gasteiger partial charge on any atom is 0.0710 e. The van der Waals surface area contributed by atoms with Crippen molar-refractivity contribution in [3.05, 3.63) is 40.6 Å². The van der Waals surface area contributed by atoms with Gasteiger partial charge in [-0.2, -0.15) is 0 Å². The molecule has 0 saturated carbocycles. The van der Waals surface area contributed by atoms with Crippen molar-refractivity contribution in [3.63, 3.8) is 0 Å². The standard InChI is InChI=1S/C15H17N/c1-10-7-11(2)13-9-12-5-3-4-6-14(12)16-15(13)8-10/h7-9H,3-6H2,1-2H3. The highest BCUT2D eigenvalue weighted by atomic mass is 14.7. The Bertz CT molecular complexity index is 555. The minimum atomic E-state index is 1.16. The minimum Gasteiger partial charge on any atom is -0.253 e. The Morgan fingerprint density at radius 1 is 1.00 bits per heavy atom. The maximum atomic E-state index is 4.84. The molecule has 0 fully saturated rings. The molecule has 1 aliphatic rings. The number of hydrogen-bond acceptors (Lipinski definition) is 1. The molecule has 1 heterocycles. The second-order valence-corrected chi connectivity index (χ2v) is 4.95. The van der Waals surface area contributed by atoms with E-state index in [1.807, 2.05) is 0 Å². The number of nitrogens with zero attached hydrogens (tertiary/aromatic N) is 1. The maximum absolute atomic E-state index is 4.84. The van der Waals surface area contributed by atoms with Crippen molar-refractivity contribution in [1.82, 2.24) is 4.98 Å². The molecule has 0 bridgehead atoms. The summed E-state index contributed by atoms with van der Waals surface area (Å²) >= 11 is 0. The van der Waals surface area contributed by atoms with Gasteiger partial charge in [0.1, 0.15) is 0 Å². The zero-order valence-electron chi connectivity index (χ0n) is 10.0. The third kappa shape index (κ3) is 1.51. The van der Waals surface area contributed by atoms with Crippen LogP contribution in [0.3, 0.4) is 0 Å². The molecule has 82 valence electrons. The first kappa shape index (κ1) is 9.83. The summed E-state index contributed by atoms with van der Waals surface area (Å²) in [6.07, 6.45) is 5.01. The van der Waals surface area contributed by atoms with Gasteiger partial charge in [-0.1, -0.05) is 6.07 Å². The van der Waals surface area contributed by atoms with Gasteiger partial charge in [-0.05, 0) is 68.4 Å². The Hall–Kier alpha value is -1.37. The lowest BCUT2D eigenvalue weighted by molar-refractivity contribution is 0.671. The van der Waals surface area contributed by atoms with Crippen LogP contribution in [-0.2, 0) is 12.8 Å². The summed E-state index contributed by atoms with van der Waals surface area (Å²) in [6.45, 7) is 4.33. The summed E-state index contributed by atoms with van der Waals surface area (Å²) in [4.78, 5) is 4.84. The number of aromatic nitrogens is 1. The summed E-state index contributed by atoms with van der Waals surface area (Å²) < 4.78 is 0. The monoisotopic (exact) mass is 211 g/mol. The molecule has 0 radical (unpaired) electrons. The number of hydrogen-bond donors (Lipinski definition) is 0. The van der Waals surface area contributed by atoms with Crippen molar-refractivity contribution in [1.29, 1.82) is 0 Å². The van der Waals surface area contributed by atoms with Crippen molar-refractivity contribution >= 4 is 10.9 Å². The van der Waals surface area contributed by atoms with Crippen LogP contribution in [0.2, 0.25) is 0 Å².